The highest BCUT2D eigenvalue weighted by Gasteiger charge is 2.11. The molecule has 0 amide bonds. The van der Waals surface area contributed by atoms with Crippen molar-refractivity contribution in [1.82, 2.24) is 10.2 Å². The molecule has 5 nitrogen and oxygen atoms in total. The van der Waals surface area contributed by atoms with E-state index < -0.39 is 5.97 Å². The number of carbonyl (C=O) groups is 1. The Labute approximate surface area is 140 Å². The number of nitrogens with zero attached hydrogens (tertiary/aromatic N) is 1. The van der Waals surface area contributed by atoms with Gasteiger partial charge in [0, 0.05) is 9.86 Å². The van der Waals surface area contributed by atoms with Crippen LogP contribution in [0.5, 0.6) is 0 Å². The Hall–Kier alpha value is -2.47. The number of rotatable bonds is 4. The van der Waals surface area contributed by atoms with Crippen LogP contribution < -0.4 is 5.56 Å². The Bertz CT molecular complexity index is 921. The summed E-state index contributed by atoms with van der Waals surface area (Å²) in [5.41, 5.74) is 1.12. The lowest BCUT2D eigenvalue weighted by atomic mass is 10.1. The van der Waals surface area contributed by atoms with Crippen LogP contribution in [0.4, 0.5) is 0 Å². The summed E-state index contributed by atoms with van der Waals surface area (Å²) >= 11 is 3.37. The van der Waals surface area contributed by atoms with E-state index in [1.54, 1.807) is 24.3 Å². The lowest BCUT2D eigenvalue weighted by molar-refractivity contribution is -0.144. The van der Waals surface area contributed by atoms with Gasteiger partial charge >= 0.3 is 5.97 Å². The SMILES string of the molecule is O=C(Cc1n[nH]c(=O)c2ccccc12)OCc1cccc(Br)c1. The zero-order valence-corrected chi connectivity index (χ0v) is 13.7. The van der Waals surface area contributed by atoms with E-state index in [2.05, 4.69) is 26.1 Å². The van der Waals surface area contributed by atoms with E-state index in [0.717, 1.165) is 10.0 Å². The third kappa shape index (κ3) is 3.65. The van der Waals surface area contributed by atoms with Gasteiger partial charge in [-0.25, -0.2) is 5.10 Å². The van der Waals surface area contributed by atoms with Gasteiger partial charge in [-0.2, -0.15) is 5.10 Å². The molecule has 0 radical (unpaired) electrons. The van der Waals surface area contributed by atoms with Crippen molar-refractivity contribution in [2.24, 2.45) is 0 Å². The van der Waals surface area contributed by atoms with E-state index in [-0.39, 0.29) is 18.6 Å². The van der Waals surface area contributed by atoms with E-state index in [4.69, 9.17) is 4.74 Å². The molecule has 0 saturated heterocycles. The van der Waals surface area contributed by atoms with Gasteiger partial charge in [0.05, 0.1) is 17.5 Å². The second kappa shape index (κ2) is 6.75. The van der Waals surface area contributed by atoms with Crippen LogP contribution in [0.15, 0.2) is 57.8 Å². The van der Waals surface area contributed by atoms with Crippen LogP contribution >= 0.6 is 15.9 Å². The Morgan fingerprint density at radius 2 is 1.91 bits per heavy atom. The number of H-pyrrole nitrogens is 1. The molecule has 0 bridgehead atoms. The van der Waals surface area contributed by atoms with Crippen molar-refractivity contribution < 1.29 is 9.53 Å². The quantitative estimate of drug-likeness (QED) is 0.714. The van der Waals surface area contributed by atoms with Gasteiger partial charge in [-0.15, -0.1) is 0 Å². The zero-order chi connectivity index (χ0) is 16.2. The molecule has 0 unspecified atom stereocenters. The lowest BCUT2D eigenvalue weighted by Crippen LogP contribution is -2.15. The first-order valence-corrected chi connectivity index (χ1v) is 7.79. The molecule has 0 atom stereocenters. The maximum Gasteiger partial charge on any atom is 0.312 e. The smallest absolute Gasteiger partial charge is 0.312 e. The summed E-state index contributed by atoms with van der Waals surface area (Å²) in [6, 6.07) is 14.6. The second-order valence-electron chi connectivity index (χ2n) is 5.01. The van der Waals surface area contributed by atoms with E-state index in [1.807, 2.05) is 24.3 Å². The first-order chi connectivity index (χ1) is 11.1. The maximum atomic E-state index is 12.0. The molecule has 1 aromatic heterocycles. The number of carbonyl (C=O) groups excluding carboxylic acids is 1. The Kier molecular flexibility index (Phi) is 4.52. The third-order valence-electron chi connectivity index (χ3n) is 3.38. The highest BCUT2D eigenvalue weighted by Crippen LogP contribution is 2.15. The minimum atomic E-state index is -0.394. The standard InChI is InChI=1S/C17H13BrN2O3/c18-12-5-3-4-11(8-12)10-23-16(21)9-15-13-6-1-2-7-14(13)17(22)20-19-15/h1-8H,9-10H2,(H,20,22). The second-order valence-corrected chi connectivity index (χ2v) is 5.93. The predicted molar refractivity (Wildman–Crippen MR) is 90.0 cm³/mol. The van der Waals surface area contributed by atoms with Crippen molar-refractivity contribution in [1.29, 1.82) is 0 Å². The number of halogens is 1. The molecule has 0 aliphatic heterocycles. The van der Waals surface area contributed by atoms with Crippen LogP contribution in [0, 0.1) is 0 Å². The summed E-state index contributed by atoms with van der Waals surface area (Å²) in [7, 11) is 0. The summed E-state index contributed by atoms with van der Waals surface area (Å²) in [6.07, 6.45) is 0.00525. The normalized spacial score (nSPS) is 10.7. The number of ether oxygens (including phenoxy) is 1. The van der Waals surface area contributed by atoms with Gasteiger partial charge < -0.3 is 4.74 Å². The maximum absolute atomic E-state index is 12.0. The van der Waals surface area contributed by atoms with Crippen molar-refractivity contribution in [3.63, 3.8) is 0 Å². The minimum Gasteiger partial charge on any atom is -0.461 e. The molecular weight excluding hydrogens is 360 g/mol. The van der Waals surface area contributed by atoms with Crippen LogP contribution in [-0.2, 0) is 22.6 Å². The van der Waals surface area contributed by atoms with Crippen molar-refractivity contribution in [2.45, 2.75) is 13.0 Å². The van der Waals surface area contributed by atoms with Gasteiger partial charge in [0.2, 0.25) is 0 Å². The number of nitrogens with one attached hydrogen (secondary N) is 1. The van der Waals surface area contributed by atoms with Crippen LogP contribution in [-0.4, -0.2) is 16.2 Å². The first-order valence-electron chi connectivity index (χ1n) is 7.00. The summed E-state index contributed by atoms with van der Waals surface area (Å²) in [5.74, 6) is -0.394. The van der Waals surface area contributed by atoms with E-state index in [9.17, 15) is 9.59 Å². The molecule has 3 rings (SSSR count). The molecule has 2 aromatic carbocycles. The van der Waals surface area contributed by atoms with E-state index >= 15 is 0 Å². The Balaban J connectivity index is 1.73. The highest BCUT2D eigenvalue weighted by molar-refractivity contribution is 9.10. The van der Waals surface area contributed by atoms with Gasteiger partial charge in [0.1, 0.15) is 6.61 Å². The average molecular weight is 373 g/mol. The van der Waals surface area contributed by atoms with Crippen molar-refractivity contribution >= 4 is 32.7 Å². The van der Waals surface area contributed by atoms with Crippen molar-refractivity contribution in [3.05, 3.63) is 74.6 Å². The fourth-order valence-corrected chi connectivity index (χ4v) is 2.73. The van der Waals surface area contributed by atoms with Crippen molar-refractivity contribution in [2.75, 3.05) is 0 Å². The number of fused-ring (bicyclic) bond motifs is 1. The largest absolute Gasteiger partial charge is 0.461 e. The van der Waals surface area contributed by atoms with Gasteiger partial charge in [-0.1, -0.05) is 46.3 Å². The van der Waals surface area contributed by atoms with E-state index in [1.165, 1.54) is 0 Å². The van der Waals surface area contributed by atoms with Gasteiger partial charge in [-0.3, -0.25) is 9.59 Å². The number of hydrogen-bond donors (Lipinski definition) is 1. The molecule has 0 aliphatic carbocycles. The molecule has 0 fully saturated rings. The number of esters is 1. The number of aromatic amines is 1. The minimum absolute atomic E-state index is 0.00525. The fraction of sp³-hybridized carbons (Fsp3) is 0.118. The third-order valence-corrected chi connectivity index (χ3v) is 3.87. The topological polar surface area (TPSA) is 72.0 Å². The van der Waals surface area contributed by atoms with Crippen LogP contribution in [0.2, 0.25) is 0 Å². The molecule has 0 spiro atoms. The molecule has 0 aliphatic rings. The molecule has 1 N–H and O–H groups in total. The van der Waals surface area contributed by atoms with Crippen LogP contribution in [0.3, 0.4) is 0 Å². The van der Waals surface area contributed by atoms with Gasteiger partial charge in [0.15, 0.2) is 0 Å². The molecule has 23 heavy (non-hydrogen) atoms. The number of aromatic nitrogens is 2. The van der Waals surface area contributed by atoms with Gasteiger partial charge in [0.25, 0.3) is 5.56 Å². The monoisotopic (exact) mass is 372 g/mol. The molecule has 3 aromatic rings. The summed E-state index contributed by atoms with van der Waals surface area (Å²) in [4.78, 5) is 23.8. The summed E-state index contributed by atoms with van der Waals surface area (Å²) in [5, 5.41) is 7.55. The predicted octanol–water partition coefficient (Wildman–Crippen LogP) is 2.97. The molecule has 6 heteroatoms. The lowest BCUT2D eigenvalue weighted by Gasteiger charge is -2.07. The highest BCUT2D eigenvalue weighted by atomic mass is 79.9. The Morgan fingerprint density at radius 3 is 2.70 bits per heavy atom. The fourth-order valence-electron chi connectivity index (χ4n) is 2.28. The molecule has 116 valence electrons. The van der Waals surface area contributed by atoms with Gasteiger partial charge in [-0.05, 0) is 23.8 Å². The van der Waals surface area contributed by atoms with Crippen LogP contribution in [0.1, 0.15) is 11.3 Å². The average Bonchev–Trinajstić information content (AvgIpc) is 2.56. The number of benzene rings is 2. The number of hydrogen-bond acceptors (Lipinski definition) is 4. The van der Waals surface area contributed by atoms with Crippen LogP contribution in [0.25, 0.3) is 10.8 Å². The Morgan fingerprint density at radius 1 is 1.13 bits per heavy atom. The van der Waals surface area contributed by atoms with Crippen molar-refractivity contribution in [3.8, 4) is 0 Å². The first kappa shape index (κ1) is 15.4. The molecule has 0 saturated carbocycles. The van der Waals surface area contributed by atoms with E-state index in [0.29, 0.717) is 16.5 Å². The summed E-state index contributed by atoms with van der Waals surface area (Å²) in [6.45, 7) is 0.194. The molecule has 1 heterocycles. The zero-order valence-electron chi connectivity index (χ0n) is 12.1. The summed E-state index contributed by atoms with van der Waals surface area (Å²) < 4.78 is 6.20. The molecular formula is C17H13BrN2O3.